The molecule has 9 heteroatoms. The highest BCUT2D eigenvalue weighted by Gasteiger charge is 2.45. The summed E-state index contributed by atoms with van der Waals surface area (Å²) in [6, 6.07) is 1.48. The van der Waals surface area contributed by atoms with Gasteiger partial charge in [-0.1, -0.05) is 12.8 Å². The first-order valence-electron chi connectivity index (χ1n) is 8.28. The molecule has 1 aliphatic rings. The minimum atomic E-state index is -4.37. The Morgan fingerprint density at radius 1 is 1.12 bits per heavy atom. The van der Waals surface area contributed by atoms with E-state index in [0.29, 0.717) is 18.9 Å². The second-order valence-electron chi connectivity index (χ2n) is 6.24. The number of hydrogen-bond acceptors (Lipinski definition) is 2. The summed E-state index contributed by atoms with van der Waals surface area (Å²) in [5, 5.41) is 4.66. The Bertz CT molecular complexity index is 663. The van der Waals surface area contributed by atoms with Crippen molar-refractivity contribution in [2.45, 2.75) is 44.3 Å². The van der Waals surface area contributed by atoms with Crippen molar-refractivity contribution in [2.75, 3.05) is 6.54 Å². The van der Waals surface area contributed by atoms with Gasteiger partial charge in [0.05, 0.1) is 11.5 Å². The van der Waals surface area contributed by atoms with E-state index in [-0.39, 0.29) is 31.4 Å². The molecule has 26 heavy (non-hydrogen) atoms. The lowest BCUT2D eigenvalue weighted by atomic mass is 9.84. The van der Waals surface area contributed by atoms with Crippen molar-refractivity contribution in [1.82, 2.24) is 10.6 Å². The molecule has 1 aliphatic carbocycles. The predicted molar refractivity (Wildman–Crippen MR) is 83.3 cm³/mol. The fourth-order valence-corrected chi connectivity index (χ4v) is 3.03. The van der Waals surface area contributed by atoms with Crippen LogP contribution in [0.3, 0.4) is 0 Å². The van der Waals surface area contributed by atoms with Crippen LogP contribution in [-0.2, 0) is 4.79 Å². The van der Waals surface area contributed by atoms with Gasteiger partial charge in [0.1, 0.15) is 11.6 Å². The average Bonchev–Trinajstić information content (AvgIpc) is 2.54. The van der Waals surface area contributed by atoms with Crippen molar-refractivity contribution >= 4 is 11.8 Å². The van der Waals surface area contributed by atoms with Crippen LogP contribution in [-0.4, -0.2) is 30.6 Å². The molecule has 1 aromatic rings. The largest absolute Gasteiger partial charge is 0.393 e. The number of amides is 2. The lowest BCUT2D eigenvalue weighted by Gasteiger charge is -2.33. The van der Waals surface area contributed by atoms with Crippen molar-refractivity contribution in [2.24, 2.45) is 5.92 Å². The summed E-state index contributed by atoms with van der Waals surface area (Å²) >= 11 is 0. The fraction of sp³-hybridized carbons (Fsp3) is 0.529. The molecule has 1 saturated carbocycles. The molecule has 2 atom stereocenters. The molecule has 2 N–H and O–H groups in total. The average molecular weight is 378 g/mol. The summed E-state index contributed by atoms with van der Waals surface area (Å²) in [6.07, 6.45) is -3.30. The Hall–Kier alpha value is -2.19. The van der Waals surface area contributed by atoms with Gasteiger partial charge in [0, 0.05) is 25.1 Å². The number of nitrogens with one attached hydrogen (secondary N) is 2. The second kappa shape index (κ2) is 8.46. The normalized spacial score (nSPS) is 20.5. The maximum absolute atomic E-state index is 13.5. The third kappa shape index (κ3) is 5.40. The topological polar surface area (TPSA) is 58.2 Å². The van der Waals surface area contributed by atoms with E-state index in [1.807, 2.05) is 0 Å². The summed E-state index contributed by atoms with van der Waals surface area (Å²) in [5.74, 6) is -4.89. The van der Waals surface area contributed by atoms with Gasteiger partial charge in [-0.25, -0.2) is 8.78 Å². The monoisotopic (exact) mass is 378 g/mol. The smallest absolute Gasteiger partial charge is 0.353 e. The zero-order valence-corrected chi connectivity index (χ0v) is 13.8. The van der Waals surface area contributed by atoms with Crippen LogP contribution in [0.25, 0.3) is 0 Å². The quantitative estimate of drug-likeness (QED) is 0.773. The lowest BCUT2D eigenvalue weighted by molar-refractivity contribution is -0.189. The molecule has 0 heterocycles. The molecule has 1 aromatic carbocycles. The van der Waals surface area contributed by atoms with Gasteiger partial charge in [-0.3, -0.25) is 9.59 Å². The van der Waals surface area contributed by atoms with E-state index in [0.717, 1.165) is 12.1 Å². The Kier molecular flexibility index (Phi) is 6.55. The molecule has 0 aliphatic heterocycles. The Labute approximate surface area is 147 Å². The summed E-state index contributed by atoms with van der Waals surface area (Å²) in [7, 11) is 0. The van der Waals surface area contributed by atoms with Crippen LogP contribution in [0.2, 0.25) is 0 Å². The Morgan fingerprint density at radius 3 is 2.46 bits per heavy atom. The lowest BCUT2D eigenvalue weighted by Crippen LogP contribution is -2.48. The van der Waals surface area contributed by atoms with Crippen LogP contribution >= 0.6 is 0 Å². The number of carbonyl (C=O) groups is 2. The first kappa shape index (κ1) is 20.1. The molecular formula is C17H19F5N2O2. The van der Waals surface area contributed by atoms with E-state index < -0.39 is 41.6 Å². The van der Waals surface area contributed by atoms with Gasteiger partial charge in [0.25, 0.3) is 5.91 Å². The number of rotatable bonds is 5. The van der Waals surface area contributed by atoms with Gasteiger partial charge in [0.2, 0.25) is 5.91 Å². The first-order chi connectivity index (χ1) is 12.2. The Morgan fingerprint density at radius 2 is 1.81 bits per heavy atom. The van der Waals surface area contributed by atoms with E-state index in [1.165, 1.54) is 0 Å². The number of hydrogen-bond donors (Lipinski definition) is 2. The first-order valence-corrected chi connectivity index (χ1v) is 8.28. The van der Waals surface area contributed by atoms with Crippen molar-refractivity contribution < 1.29 is 31.5 Å². The van der Waals surface area contributed by atoms with E-state index in [2.05, 4.69) is 10.6 Å². The highest BCUT2D eigenvalue weighted by molar-refractivity contribution is 5.94. The zero-order chi connectivity index (χ0) is 19.3. The van der Waals surface area contributed by atoms with Gasteiger partial charge in [-0.05, 0) is 25.0 Å². The SMILES string of the molecule is O=C(CCNC(=O)c1ccc(F)cc1F)NC1CCCCC1C(F)(F)F. The molecule has 0 saturated heterocycles. The maximum atomic E-state index is 13.5. The third-order valence-electron chi connectivity index (χ3n) is 4.35. The number of halogens is 5. The van der Waals surface area contributed by atoms with Crippen molar-refractivity contribution in [1.29, 1.82) is 0 Å². The van der Waals surface area contributed by atoms with Crippen LogP contribution < -0.4 is 10.6 Å². The third-order valence-corrected chi connectivity index (χ3v) is 4.35. The molecular weight excluding hydrogens is 359 g/mol. The van der Waals surface area contributed by atoms with E-state index >= 15 is 0 Å². The molecule has 1 fully saturated rings. The molecule has 144 valence electrons. The van der Waals surface area contributed by atoms with Gasteiger partial charge in [-0.2, -0.15) is 13.2 Å². The van der Waals surface area contributed by atoms with Gasteiger partial charge < -0.3 is 10.6 Å². The van der Waals surface area contributed by atoms with Gasteiger partial charge >= 0.3 is 6.18 Å². The molecule has 0 aromatic heterocycles. The molecule has 0 bridgehead atoms. The molecule has 0 radical (unpaired) electrons. The van der Waals surface area contributed by atoms with Crippen molar-refractivity contribution in [3.8, 4) is 0 Å². The summed E-state index contributed by atoms with van der Waals surface area (Å²) in [6.45, 7) is -0.176. The zero-order valence-electron chi connectivity index (χ0n) is 13.8. The summed E-state index contributed by atoms with van der Waals surface area (Å²) in [5.41, 5.74) is -0.378. The van der Waals surface area contributed by atoms with E-state index in [4.69, 9.17) is 0 Å². The number of alkyl halides is 3. The van der Waals surface area contributed by atoms with Crippen LogP contribution in [0, 0.1) is 17.6 Å². The Balaban J connectivity index is 1.82. The number of carbonyl (C=O) groups excluding carboxylic acids is 2. The van der Waals surface area contributed by atoms with Gasteiger partial charge in [0.15, 0.2) is 0 Å². The molecule has 2 unspecified atom stereocenters. The molecule has 4 nitrogen and oxygen atoms in total. The number of benzene rings is 1. The summed E-state index contributed by atoms with van der Waals surface area (Å²) in [4.78, 5) is 23.6. The summed E-state index contributed by atoms with van der Waals surface area (Å²) < 4.78 is 65.2. The molecule has 2 rings (SSSR count). The highest BCUT2D eigenvalue weighted by atomic mass is 19.4. The van der Waals surface area contributed by atoms with Crippen molar-refractivity contribution in [3.05, 3.63) is 35.4 Å². The standard InChI is InChI=1S/C17H19F5N2O2/c18-10-5-6-11(13(19)9-10)16(26)23-8-7-15(25)24-14-4-2-1-3-12(14)17(20,21)22/h5-6,9,12,14H,1-4,7-8H2,(H,23,26)(H,24,25). The van der Waals surface area contributed by atoms with Gasteiger partial charge in [-0.15, -0.1) is 0 Å². The molecule has 0 spiro atoms. The van der Waals surface area contributed by atoms with Crippen LogP contribution in [0.1, 0.15) is 42.5 Å². The predicted octanol–water partition coefficient (Wildman–Crippen LogP) is 3.32. The van der Waals surface area contributed by atoms with Crippen LogP contribution in [0.15, 0.2) is 18.2 Å². The van der Waals surface area contributed by atoms with Crippen molar-refractivity contribution in [3.63, 3.8) is 0 Å². The minimum absolute atomic E-state index is 0.0188. The van der Waals surface area contributed by atoms with Crippen LogP contribution in [0.4, 0.5) is 22.0 Å². The van der Waals surface area contributed by atoms with E-state index in [1.54, 1.807) is 0 Å². The van der Waals surface area contributed by atoms with E-state index in [9.17, 15) is 31.5 Å². The minimum Gasteiger partial charge on any atom is -0.353 e. The highest BCUT2D eigenvalue weighted by Crippen LogP contribution is 2.37. The van der Waals surface area contributed by atoms with Crippen LogP contribution in [0.5, 0.6) is 0 Å². The fourth-order valence-electron chi connectivity index (χ4n) is 3.03. The second-order valence-corrected chi connectivity index (χ2v) is 6.24. The maximum Gasteiger partial charge on any atom is 0.393 e. The molecule has 2 amide bonds.